The summed E-state index contributed by atoms with van der Waals surface area (Å²) in [5.74, 6) is -0.368. The van der Waals surface area contributed by atoms with Crippen molar-refractivity contribution in [1.29, 1.82) is 0 Å². The van der Waals surface area contributed by atoms with Gasteiger partial charge in [-0.25, -0.2) is 0 Å². The van der Waals surface area contributed by atoms with E-state index in [-0.39, 0.29) is 23.8 Å². The number of benzene rings is 1. The topological polar surface area (TPSA) is 76.6 Å². The Morgan fingerprint density at radius 3 is 2.64 bits per heavy atom. The molecule has 0 aliphatic carbocycles. The Morgan fingerprint density at radius 2 is 2.05 bits per heavy atom. The number of likely N-dealkylation sites (tertiary alicyclic amines) is 1. The maximum Gasteiger partial charge on any atom is 0.282 e. The minimum Gasteiger partial charge on any atom is -0.369 e. The zero-order valence-corrected chi connectivity index (χ0v) is 13.4. The highest BCUT2D eigenvalue weighted by molar-refractivity contribution is 5.93. The van der Waals surface area contributed by atoms with Gasteiger partial charge in [-0.05, 0) is 43.9 Å². The van der Waals surface area contributed by atoms with E-state index in [2.05, 4.69) is 12.2 Å². The summed E-state index contributed by atoms with van der Waals surface area (Å²) in [5, 5.41) is 2.96. The van der Waals surface area contributed by atoms with Crippen LogP contribution in [0.25, 0.3) is 0 Å². The van der Waals surface area contributed by atoms with E-state index < -0.39 is 0 Å². The Hall–Kier alpha value is -1.88. The van der Waals surface area contributed by atoms with Crippen molar-refractivity contribution in [2.24, 2.45) is 11.7 Å². The number of carbonyl (C=O) groups excluding carboxylic acids is 2. The minimum absolute atomic E-state index is 0.00984. The largest absolute Gasteiger partial charge is 0.369 e. The van der Waals surface area contributed by atoms with Crippen LogP contribution >= 0.6 is 0 Å². The van der Waals surface area contributed by atoms with Crippen LogP contribution in [0.4, 0.5) is 5.69 Å². The second kappa shape index (κ2) is 7.40. The normalized spacial score (nSPS) is 22.8. The predicted octanol–water partition coefficient (Wildman–Crippen LogP) is 0.356. The summed E-state index contributed by atoms with van der Waals surface area (Å²) in [5.41, 5.74) is 7.47. The van der Waals surface area contributed by atoms with Crippen molar-refractivity contribution < 1.29 is 14.5 Å². The molecule has 3 atom stereocenters. The van der Waals surface area contributed by atoms with Gasteiger partial charge in [0.05, 0.1) is 19.0 Å². The first-order valence-electron chi connectivity index (χ1n) is 8.05. The molecule has 0 radical (unpaired) electrons. The number of piperidine rings is 1. The lowest BCUT2D eigenvalue weighted by Gasteiger charge is -2.31. The highest BCUT2D eigenvalue weighted by Crippen LogP contribution is 2.11. The van der Waals surface area contributed by atoms with Crippen molar-refractivity contribution in [1.82, 2.24) is 0 Å². The van der Waals surface area contributed by atoms with Gasteiger partial charge in [-0.2, -0.15) is 0 Å². The fourth-order valence-corrected chi connectivity index (χ4v) is 2.99. The van der Waals surface area contributed by atoms with E-state index in [4.69, 9.17) is 5.73 Å². The summed E-state index contributed by atoms with van der Waals surface area (Å²) in [6.45, 7) is 5.57. The molecule has 1 fully saturated rings. The third-order valence-corrected chi connectivity index (χ3v) is 4.60. The van der Waals surface area contributed by atoms with E-state index in [0.717, 1.165) is 36.4 Å². The fourth-order valence-electron chi connectivity index (χ4n) is 2.99. The van der Waals surface area contributed by atoms with Crippen molar-refractivity contribution in [3.8, 4) is 0 Å². The number of primary amides is 1. The number of amides is 2. The SMILES string of the molecule is CCc1ccc(NC(=O)[C@H](C)[NH+]2CCC[C@H](C(N)=O)C2)cc1. The molecule has 1 aromatic rings. The van der Waals surface area contributed by atoms with Crippen LogP contribution in [0.5, 0.6) is 0 Å². The van der Waals surface area contributed by atoms with E-state index in [1.807, 2.05) is 31.2 Å². The molecule has 0 spiro atoms. The minimum atomic E-state index is -0.250. The zero-order valence-electron chi connectivity index (χ0n) is 13.4. The van der Waals surface area contributed by atoms with E-state index in [0.29, 0.717) is 6.54 Å². The Labute approximate surface area is 131 Å². The number of rotatable bonds is 5. The summed E-state index contributed by atoms with van der Waals surface area (Å²) in [6, 6.07) is 7.73. The van der Waals surface area contributed by atoms with Gasteiger partial charge >= 0.3 is 0 Å². The molecule has 1 aliphatic rings. The third-order valence-electron chi connectivity index (χ3n) is 4.60. The van der Waals surface area contributed by atoms with Gasteiger partial charge in [-0.3, -0.25) is 9.59 Å². The van der Waals surface area contributed by atoms with Crippen LogP contribution in [0.2, 0.25) is 0 Å². The molecule has 5 heteroatoms. The van der Waals surface area contributed by atoms with Crippen LogP contribution in [-0.2, 0) is 16.0 Å². The zero-order chi connectivity index (χ0) is 16.1. The van der Waals surface area contributed by atoms with E-state index in [1.54, 1.807) is 0 Å². The van der Waals surface area contributed by atoms with Crippen LogP contribution in [0.1, 0.15) is 32.3 Å². The highest BCUT2D eigenvalue weighted by atomic mass is 16.2. The monoisotopic (exact) mass is 304 g/mol. The first-order chi connectivity index (χ1) is 10.5. The van der Waals surface area contributed by atoms with Gasteiger partial charge < -0.3 is 16.0 Å². The standard InChI is InChI=1S/C17H25N3O2/c1-3-13-6-8-15(9-7-13)19-17(22)12(2)20-10-4-5-14(11-20)16(18)21/h6-9,12,14H,3-5,10-11H2,1-2H3,(H2,18,21)(H,19,22)/p+1/t12-,14-/m0/s1. The number of aryl methyl sites for hydroxylation is 1. The molecule has 22 heavy (non-hydrogen) atoms. The summed E-state index contributed by atoms with van der Waals surface area (Å²) in [7, 11) is 0. The molecule has 1 heterocycles. The predicted molar refractivity (Wildman–Crippen MR) is 86.5 cm³/mol. The van der Waals surface area contributed by atoms with Crippen molar-refractivity contribution in [3.05, 3.63) is 29.8 Å². The first kappa shape index (κ1) is 16.5. The van der Waals surface area contributed by atoms with E-state index in [9.17, 15) is 9.59 Å². The van der Waals surface area contributed by atoms with E-state index in [1.165, 1.54) is 5.56 Å². The van der Waals surface area contributed by atoms with Crippen LogP contribution in [0.3, 0.4) is 0 Å². The third kappa shape index (κ3) is 4.07. The summed E-state index contributed by atoms with van der Waals surface area (Å²) in [6.07, 6.45) is 2.76. The number of nitrogens with two attached hydrogens (primary N) is 1. The molecular formula is C17H26N3O2+. The van der Waals surface area contributed by atoms with Crippen molar-refractivity contribution >= 4 is 17.5 Å². The summed E-state index contributed by atoms with van der Waals surface area (Å²) in [4.78, 5) is 24.9. The number of anilines is 1. The molecule has 1 saturated heterocycles. The maximum atomic E-state index is 12.4. The molecule has 1 unspecified atom stereocenters. The molecule has 0 bridgehead atoms. The lowest BCUT2D eigenvalue weighted by atomic mass is 9.96. The first-order valence-corrected chi connectivity index (χ1v) is 8.05. The smallest absolute Gasteiger partial charge is 0.282 e. The molecular weight excluding hydrogens is 278 g/mol. The number of quaternary nitrogens is 1. The molecule has 2 amide bonds. The van der Waals surface area contributed by atoms with Crippen molar-refractivity contribution in [3.63, 3.8) is 0 Å². The van der Waals surface area contributed by atoms with Gasteiger partial charge in [0.15, 0.2) is 6.04 Å². The van der Waals surface area contributed by atoms with Crippen molar-refractivity contribution in [2.45, 2.75) is 39.2 Å². The number of nitrogens with one attached hydrogen (secondary N) is 2. The van der Waals surface area contributed by atoms with Gasteiger partial charge in [0.1, 0.15) is 0 Å². The number of hydrogen-bond acceptors (Lipinski definition) is 2. The van der Waals surface area contributed by atoms with Crippen LogP contribution in [-0.4, -0.2) is 30.9 Å². The lowest BCUT2D eigenvalue weighted by Crippen LogP contribution is -3.18. The van der Waals surface area contributed by atoms with Gasteiger partial charge in [-0.15, -0.1) is 0 Å². The molecule has 4 N–H and O–H groups in total. The second-order valence-electron chi connectivity index (χ2n) is 6.12. The average molecular weight is 304 g/mol. The van der Waals surface area contributed by atoms with Gasteiger partial charge in [0, 0.05) is 5.69 Å². The lowest BCUT2D eigenvalue weighted by molar-refractivity contribution is -0.921. The molecule has 120 valence electrons. The molecule has 0 saturated carbocycles. The van der Waals surface area contributed by atoms with Crippen LogP contribution in [0.15, 0.2) is 24.3 Å². The molecule has 2 rings (SSSR count). The fraction of sp³-hybridized carbons (Fsp3) is 0.529. The molecule has 0 aromatic heterocycles. The van der Waals surface area contributed by atoms with Crippen molar-refractivity contribution in [2.75, 3.05) is 18.4 Å². The number of carbonyl (C=O) groups is 2. The Morgan fingerprint density at radius 1 is 1.36 bits per heavy atom. The molecule has 5 nitrogen and oxygen atoms in total. The molecule has 1 aliphatic heterocycles. The average Bonchev–Trinajstić information content (AvgIpc) is 2.54. The van der Waals surface area contributed by atoms with Gasteiger partial charge in [0.2, 0.25) is 5.91 Å². The second-order valence-corrected chi connectivity index (χ2v) is 6.12. The summed E-state index contributed by atoms with van der Waals surface area (Å²) >= 11 is 0. The molecule has 1 aromatic carbocycles. The van der Waals surface area contributed by atoms with Gasteiger partial charge in [-0.1, -0.05) is 19.1 Å². The quantitative estimate of drug-likeness (QED) is 0.734. The Bertz CT molecular complexity index is 527. The van der Waals surface area contributed by atoms with Crippen LogP contribution in [0, 0.1) is 5.92 Å². The number of hydrogen-bond donors (Lipinski definition) is 3. The Kier molecular flexibility index (Phi) is 5.55. The summed E-state index contributed by atoms with van der Waals surface area (Å²) < 4.78 is 0. The maximum absolute atomic E-state index is 12.4. The van der Waals surface area contributed by atoms with Gasteiger partial charge in [0.25, 0.3) is 5.91 Å². The Balaban J connectivity index is 1.94. The highest BCUT2D eigenvalue weighted by Gasteiger charge is 2.33. The van der Waals surface area contributed by atoms with Crippen LogP contribution < -0.4 is 16.0 Å². The van der Waals surface area contributed by atoms with E-state index >= 15 is 0 Å².